The van der Waals surface area contributed by atoms with Crippen LogP contribution in [0.4, 0.5) is 0 Å². The van der Waals surface area contributed by atoms with Gasteiger partial charge in [0, 0.05) is 6.42 Å². The summed E-state index contributed by atoms with van der Waals surface area (Å²) >= 11 is 0. The SMILES string of the molecule is C1=CNC(=NC2CCCC2)CC1. The van der Waals surface area contributed by atoms with Crippen LogP contribution >= 0.6 is 0 Å². The van der Waals surface area contributed by atoms with Gasteiger partial charge in [0.1, 0.15) is 5.84 Å². The molecule has 2 aliphatic rings. The second-order valence-electron chi connectivity index (χ2n) is 3.60. The average Bonchev–Trinajstić information content (AvgIpc) is 2.59. The Morgan fingerprint density at radius 2 is 2.17 bits per heavy atom. The number of allylic oxidation sites excluding steroid dienone is 1. The van der Waals surface area contributed by atoms with Crippen LogP contribution in [0.5, 0.6) is 0 Å². The molecule has 0 aromatic carbocycles. The maximum Gasteiger partial charge on any atom is 0.101 e. The molecule has 2 heteroatoms. The van der Waals surface area contributed by atoms with Crippen molar-refractivity contribution >= 4 is 5.84 Å². The van der Waals surface area contributed by atoms with Crippen LogP contribution < -0.4 is 5.32 Å². The highest BCUT2D eigenvalue weighted by molar-refractivity contribution is 5.84. The molecule has 12 heavy (non-hydrogen) atoms. The van der Waals surface area contributed by atoms with Crippen molar-refractivity contribution < 1.29 is 0 Å². The summed E-state index contributed by atoms with van der Waals surface area (Å²) in [5, 5.41) is 3.22. The van der Waals surface area contributed by atoms with Crippen LogP contribution in [0, 0.1) is 0 Å². The molecule has 0 saturated heterocycles. The van der Waals surface area contributed by atoms with Gasteiger partial charge in [0.25, 0.3) is 0 Å². The topological polar surface area (TPSA) is 24.4 Å². The highest BCUT2D eigenvalue weighted by Gasteiger charge is 2.14. The quantitative estimate of drug-likeness (QED) is 0.631. The van der Waals surface area contributed by atoms with E-state index in [0.29, 0.717) is 6.04 Å². The third-order valence-electron chi connectivity index (χ3n) is 2.58. The van der Waals surface area contributed by atoms with E-state index < -0.39 is 0 Å². The molecule has 66 valence electrons. The first-order chi connectivity index (χ1) is 5.95. The Kier molecular flexibility index (Phi) is 2.45. The molecule has 0 radical (unpaired) electrons. The summed E-state index contributed by atoms with van der Waals surface area (Å²) in [4.78, 5) is 4.69. The summed E-state index contributed by atoms with van der Waals surface area (Å²) < 4.78 is 0. The van der Waals surface area contributed by atoms with Gasteiger partial charge in [-0.25, -0.2) is 0 Å². The van der Waals surface area contributed by atoms with Gasteiger partial charge in [0.15, 0.2) is 0 Å². The largest absolute Gasteiger partial charge is 0.351 e. The number of aliphatic imine (C=N–C) groups is 1. The molecule has 2 rings (SSSR count). The van der Waals surface area contributed by atoms with Gasteiger partial charge in [-0.1, -0.05) is 18.9 Å². The lowest BCUT2D eigenvalue weighted by molar-refractivity contribution is 0.697. The summed E-state index contributed by atoms with van der Waals surface area (Å²) in [6.45, 7) is 0. The fraction of sp³-hybridized carbons (Fsp3) is 0.700. The fourth-order valence-corrected chi connectivity index (χ4v) is 1.89. The highest BCUT2D eigenvalue weighted by atomic mass is 15.0. The maximum absolute atomic E-state index is 4.69. The van der Waals surface area contributed by atoms with E-state index in [0.717, 1.165) is 12.8 Å². The maximum atomic E-state index is 4.69. The minimum absolute atomic E-state index is 0.624. The molecule has 0 atom stereocenters. The Morgan fingerprint density at radius 3 is 2.83 bits per heavy atom. The molecule has 0 spiro atoms. The zero-order valence-corrected chi connectivity index (χ0v) is 7.42. The Morgan fingerprint density at radius 1 is 1.33 bits per heavy atom. The zero-order chi connectivity index (χ0) is 8.23. The molecule has 0 unspecified atom stereocenters. The lowest BCUT2D eigenvalue weighted by atomic mass is 10.2. The molecule has 1 N–H and O–H groups in total. The average molecular weight is 164 g/mol. The van der Waals surface area contributed by atoms with E-state index in [1.165, 1.54) is 31.5 Å². The first-order valence-electron chi connectivity index (χ1n) is 4.93. The fourth-order valence-electron chi connectivity index (χ4n) is 1.89. The van der Waals surface area contributed by atoms with Crippen LogP contribution in [0.3, 0.4) is 0 Å². The predicted octanol–water partition coefficient (Wildman–Crippen LogP) is 2.22. The Labute approximate surface area is 73.8 Å². The van der Waals surface area contributed by atoms with Crippen molar-refractivity contribution in [1.82, 2.24) is 5.32 Å². The molecule has 0 amide bonds. The lowest BCUT2D eigenvalue weighted by Crippen LogP contribution is -2.22. The second kappa shape index (κ2) is 3.74. The highest BCUT2D eigenvalue weighted by Crippen LogP contribution is 2.21. The van der Waals surface area contributed by atoms with Gasteiger partial charge in [0.05, 0.1) is 6.04 Å². The van der Waals surface area contributed by atoms with Gasteiger partial charge >= 0.3 is 0 Å². The Bertz CT molecular complexity index is 200. The van der Waals surface area contributed by atoms with Crippen molar-refractivity contribution in [3.05, 3.63) is 12.3 Å². The summed E-state index contributed by atoms with van der Waals surface area (Å²) in [6, 6.07) is 0.624. The molecule has 1 heterocycles. The van der Waals surface area contributed by atoms with E-state index in [1.54, 1.807) is 0 Å². The molecule has 1 aliphatic carbocycles. The van der Waals surface area contributed by atoms with E-state index in [1.807, 2.05) is 6.20 Å². The predicted molar refractivity (Wildman–Crippen MR) is 51.2 cm³/mol. The molecular weight excluding hydrogens is 148 g/mol. The third kappa shape index (κ3) is 1.87. The summed E-state index contributed by atoms with van der Waals surface area (Å²) in [5.41, 5.74) is 0. The smallest absolute Gasteiger partial charge is 0.101 e. The monoisotopic (exact) mass is 164 g/mol. The molecular formula is C10H16N2. The number of hydrogen-bond donors (Lipinski definition) is 1. The number of amidine groups is 1. The van der Waals surface area contributed by atoms with Gasteiger partial charge in [0.2, 0.25) is 0 Å². The van der Waals surface area contributed by atoms with Crippen LogP contribution in [0.2, 0.25) is 0 Å². The van der Waals surface area contributed by atoms with E-state index in [9.17, 15) is 0 Å². The van der Waals surface area contributed by atoms with E-state index in [4.69, 9.17) is 0 Å². The number of rotatable bonds is 1. The molecule has 1 aliphatic heterocycles. The van der Waals surface area contributed by atoms with Gasteiger partial charge < -0.3 is 5.32 Å². The Balaban J connectivity index is 1.92. The first kappa shape index (κ1) is 7.84. The molecule has 2 nitrogen and oxygen atoms in total. The van der Waals surface area contributed by atoms with Gasteiger partial charge in [-0.3, -0.25) is 4.99 Å². The van der Waals surface area contributed by atoms with Crippen LogP contribution in [0.15, 0.2) is 17.3 Å². The van der Waals surface area contributed by atoms with Gasteiger partial charge in [-0.2, -0.15) is 0 Å². The molecule has 0 aromatic heterocycles. The van der Waals surface area contributed by atoms with Crippen molar-refractivity contribution in [3.63, 3.8) is 0 Å². The zero-order valence-electron chi connectivity index (χ0n) is 7.42. The normalized spacial score (nSPS) is 27.8. The van der Waals surface area contributed by atoms with Crippen molar-refractivity contribution in [2.75, 3.05) is 0 Å². The first-order valence-corrected chi connectivity index (χ1v) is 4.93. The van der Waals surface area contributed by atoms with Crippen LogP contribution in [0.1, 0.15) is 38.5 Å². The Hall–Kier alpha value is -0.790. The van der Waals surface area contributed by atoms with Crippen LogP contribution in [-0.4, -0.2) is 11.9 Å². The minimum Gasteiger partial charge on any atom is -0.351 e. The standard InChI is InChI=1S/C10H16N2/c1-2-6-9(5-1)12-10-7-3-4-8-11-10/h4,8-9H,1-3,5-7H2,(H,11,12). The van der Waals surface area contributed by atoms with Gasteiger partial charge in [-0.15, -0.1) is 0 Å². The lowest BCUT2D eigenvalue weighted by Gasteiger charge is -2.12. The number of hydrogen-bond acceptors (Lipinski definition) is 1. The van der Waals surface area contributed by atoms with E-state index >= 15 is 0 Å². The molecule has 0 bridgehead atoms. The van der Waals surface area contributed by atoms with Crippen LogP contribution in [-0.2, 0) is 0 Å². The van der Waals surface area contributed by atoms with Crippen molar-refractivity contribution in [3.8, 4) is 0 Å². The van der Waals surface area contributed by atoms with E-state index in [2.05, 4.69) is 16.4 Å². The second-order valence-corrected chi connectivity index (χ2v) is 3.60. The van der Waals surface area contributed by atoms with Gasteiger partial charge in [-0.05, 0) is 25.5 Å². The van der Waals surface area contributed by atoms with Crippen molar-refractivity contribution in [2.24, 2.45) is 4.99 Å². The molecule has 0 aromatic rings. The summed E-state index contributed by atoms with van der Waals surface area (Å²) in [6.07, 6.45) is 11.8. The van der Waals surface area contributed by atoms with E-state index in [-0.39, 0.29) is 0 Å². The third-order valence-corrected chi connectivity index (χ3v) is 2.58. The number of nitrogens with one attached hydrogen (secondary N) is 1. The number of nitrogens with zero attached hydrogens (tertiary/aromatic N) is 1. The molecule has 1 saturated carbocycles. The molecule has 1 fully saturated rings. The summed E-state index contributed by atoms with van der Waals surface area (Å²) in [5.74, 6) is 1.20. The summed E-state index contributed by atoms with van der Waals surface area (Å²) in [7, 11) is 0. The van der Waals surface area contributed by atoms with Crippen molar-refractivity contribution in [2.45, 2.75) is 44.6 Å². The van der Waals surface area contributed by atoms with Crippen LogP contribution in [0.25, 0.3) is 0 Å². The van der Waals surface area contributed by atoms with Crippen molar-refractivity contribution in [1.29, 1.82) is 0 Å². The minimum atomic E-state index is 0.624.